The number of halogens is 2. The third kappa shape index (κ3) is 9.24. The summed E-state index contributed by atoms with van der Waals surface area (Å²) in [5.74, 6) is 0.195. The average molecular weight is 433 g/mol. The van der Waals surface area contributed by atoms with Crippen molar-refractivity contribution in [1.82, 2.24) is 15.5 Å². The lowest BCUT2D eigenvalue weighted by molar-refractivity contribution is -0.122. The van der Waals surface area contributed by atoms with E-state index in [2.05, 4.69) is 15.5 Å². The first kappa shape index (κ1) is 26.7. The van der Waals surface area contributed by atoms with E-state index in [0.29, 0.717) is 31.0 Å². The van der Waals surface area contributed by atoms with Crippen molar-refractivity contribution in [3.8, 4) is 0 Å². The maximum Gasteiger partial charge on any atom is 0.251 e. The summed E-state index contributed by atoms with van der Waals surface area (Å²) in [6.07, 6.45) is 3.19. The lowest BCUT2D eigenvalue weighted by Gasteiger charge is -2.15. The first-order valence-corrected chi connectivity index (χ1v) is 9.58. The molecule has 1 aliphatic rings. The zero-order valence-corrected chi connectivity index (χ0v) is 18.4. The summed E-state index contributed by atoms with van der Waals surface area (Å²) in [5, 5.41) is 5.81. The van der Waals surface area contributed by atoms with Gasteiger partial charge in [-0.25, -0.2) is 0 Å². The van der Waals surface area contributed by atoms with Crippen molar-refractivity contribution in [3.63, 3.8) is 0 Å². The van der Waals surface area contributed by atoms with Crippen molar-refractivity contribution in [2.24, 2.45) is 11.7 Å². The quantitative estimate of drug-likeness (QED) is 0.558. The van der Waals surface area contributed by atoms with E-state index in [9.17, 15) is 9.59 Å². The molecule has 0 spiro atoms. The summed E-state index contributed by atoms with van der Waals surface area (Å²) in [6, 6.07) is 6.84. The second kappa shape index (κ2) is 13.8. The Hall–Kier alpha value is -1.34. The molecule has 1 aromatic carbocycles. The molecule has 2 amide bonds. The van der Waals surface area contributed by atoms with Crippen LogP contribution in [0.15, 0.2) is 24.3 Å². The highest BCUT2D eigenvalue weighted by Crippen LogP contribution is 2.07. The van der Waals surface area contributed by atoms with Crippen LogP contribution in [-0.4, -0.2) is 48.9 Å². The van der Waals surface area contributed by atoms with Crippen molar-refractivity contribution in [2.75, 3.05) is 26.2 Å². The van der Waals surface area contributed by atoms with Gasteiger partial charge in [-0.2, -0.15) is 0 Å². The van der Waals surface area contributed by atoms with Crippen molar-refractivity contribution in [2.45, 2.75) is 45.7 Å². The van der Waals surface area contributed by atoms with Gasteiger partial charge in [0, 0.05) is 25.2 Å². The normalized spacial score (nSPS) is 14.7. The van der Waals surface area contributed by atoms with Crippen LogP contribution < -0.4 is 16.4 Å². The van der Waals surface area contributed by atoms with E-state index in [1.165, 1.54) is 12.8 Å². The molecule has 6 nitrogen and oxygen atoms in total. The predicted molar refractivity (Wildman–Crippen MR) is 118 cm³/mol. The number of benzene rings is 1. The maximum atomic E-state index is 12.2. The number of carbonyl (C=O) groups is 2. The average Bonchev–Trinajstić information content (AvgIpc) is 3.12. The van der Waals surface area contributed by atoms with E-state index in [1.807, 2.05) is 26.0 Å². The van der Waals surface area contributed by atoms with Gasteiger partial charge in [-0.15, -0.1) is 24.8 Å². The molecule has 0 saturated carbocycles. The number of nitrogens with zero attached hydrogens (tertiary/aromatic N) is 1. The highest BCUT2D eigenvalue weighted by atomic mass is 35.5. The van der Waals surface area contributed by atoms with Crippen LogP contribution in [0.3, 0.4) is 0 Å². The Labute approximate surface area is 180 Å². The second-order valence-corrected chi connectivity index (χ2v) is 7.46. The molecule has 28 heavy (non-hydrogen) atoms. The van der Waals surface area contributed by atoms with E-state index in [4.69, 9.17) is 5.73 Å². The molecule has 0 aromatic heterocycles. The monoisotopic (exact) mass is 432 g/mol. The lowest BCUT2D eigenvalue weighted by atomic mass is 10.0. The largest absolute Gasteiger partial charge is 0.351 e. The van der Waals surface area contributed by atoms with Crippen molar-refractivity contribution in [1.29, 1.82) is 0 Å². The molecule has 1 fully saturated rings. The van der Waals surface area contributed by atoms with Crippen molar-refractivity contribution < 1.29 is 9.59 Å². The van der Waals surface area contributed by atoms with E-state index in [1.54, 1.807) is 12.1 Å². The minimum absolute atomic E-state index is 0. The summed E-state index contributed by atoms with van der Waals surface area (Å²) in [6.45, 7) is 8.36. The fourth-order valence-electron chi connectivity index (χ4n) is 3.14. The third-order valence-corrected chi connectivity index (χ3v) is 4.66. The fraction of sp³-hybridized carbons (Fsp3) is 0.600. The molecule has 0 bridgehead atoms. The van der Waals surface area contributed by atoms with Crippen LogP contribution in [0.2, 0.25) is 0 Å². The summed E-state index contributed by atoms with van der Waals surface area (Å²) in [7, 11) is 0. The van der Waals surface area contributed by atoms with E-state index in [0.717, 1.165) is 25.2 Å². The first-order chi connectivity index (χ1) is 12.5. The van der Waals surface area contributed by atoms with Gasteiger partial charge in [0.25, 0.3) is 5.91 Å². The molecule has 0 radical (unpaired) electrons. The molecule has 160 valence electrons. The molecule has 8 heteroatoms. The zero-order valence-electron chi connectivity index (χ0n) is 16.8. The number of hydrogen-bond acceptors (Lipinski definition) is 4. The van der Waals surface area contributed by atoms with Crippen LogP contribution >= 0.6 is 24.8 Å². The standard InChI is InChI=1S/C20H32N4O2.2ClH/c1-15(2)13-18(21)20(26)23-14-16-5-7-17(8-6-16)19(25)22-9-12-24-10-3-4-11-24;;/h5-8,15,18H,3-4,9-14,21H2,1-2H3,(H,22,25)(H,23,26);2*1H/t18-;;/m0../s1. The van der Waals surface area contributed by atoms with Crippen LogP contribution in [0.4, 0.5) is 0 Å². The Kier molecular flexibility index (Phi) is 13.1. The van der Waals surface area contributed by atoms with E-state index in [-0.39, 0.29) is 36.6 Å². The van der Waals surface area contributed by atoms with Crippen LogP contribution in [0.1, 0.15) is 49.0 Å². The molecule has 1 aliphatic heterocycles. The number of rotatable bonds is 9. The van der Waals surface area contributed by atoms with Gasteiger partial charge in [-0.05, 0) is 56.0 Å². The molecule has 0 unspecified atom stereocenters. The molecule has 1 aromatic rings. The summed E-state index contributed by atoms with van der Waals surface area (Å²) in [5.41, 5.74) is 7.45. The van der Waals surface area contributed by atoms with Gasteiger partial charge in [0.05, 0.1) is 6.04 Å². The molecule has 0 aliphatic carbocycles. The molecule has 2 rings (SSSR count). The number of nitrogens with two attached hydrogens (primary N) is 1. The number of carbonyl (C=O) groups excluding carboxylic acids is 2. The van der Waals surface area contributed by atoms with Crippen LogP contribution in [-0.2, 0) is 11.3 Å². The third-order valence-electron chi connectivity index (χ3n) is 4.66. The SMILES string of the molecule is CC(C)C[C@H](N)C(=O)NCc1ccc(C(=O)NCCN2CCCC2)cc1.Cl.Cl. The maximum absolute atomic E-state index is 12.2. The smallest absolute Gasteiger partial charge is 0.251 e. The summed E-state index contributed by atoms with van der Waals surface area (Å²) < 4.78 is 0. The van der Waals surface area contributed by atoms with Gasteiger partial charge >= 0.3 is 0 Å². The topological polar surface area (TPSA) is 87.5 Å². The van der Waals surface area contributed by atoms with Gasteiger partial charge in [-0.1, -0.05) is 26.0 Å². The minimum atomic E-state index is -0.476. The molecule has 1 atom stereocenters. The first-order valence-electron chi connectivity index (χ1n) is 9.58. The summed E-state index contributed by atoms with van der Waals surface area (Å²) >= 11 is 0. The fourth-order valence-corrected chi connectivity index (χ4v) is 3.14. The molecular weight excluding hydrogens is 399 g/mol. The Morgan fingerprint density at radius 3 is 2.25 bits per heavy atom. The van der Waals surface area contributed by atoms with Gasteiger partial charge < -0.3 is 21.3 Å². The van der Waals surface area contributed by atoms with Crippen LogP contribution in [0, 0.1) is 5.92 Å². The number of nitrogens with one attached hydrogen (secondary N) is 2. The van der Waals surface area contributed by atoms with Crippen LogP contribution in [0.25, 0.3) is 0 Å². The molecule has 1 heterocycles. The molecule has 1 saturated heterocycles. The Bertz CT molecular complexity index is 590. The highest BCUT2D eigenvalue weighted by Gasteiger charge is 2.15. The number of likely N-dealkylation sites (tertiary alicyclic amines) is 1. The molecule has 4 N–H and O–H groups in total. The Morgan fingerprint density at radius 1 is 1.07 bits per heavy atom. The van der Waals surface area contributed by atoms with Gasteiger partial charge in [-0.3, -0.25) is 9.59 Å². The van der Waals surface area contributed by atoms with E-state index >= 15 is 0 Å². The van der Waals surface area contributed by atoms with E-state index < -0.39 is 6.04 Å². The van der Waals surface area contributed by atoms with Crippen molar-refractivity contribution in [3.05, 3.63) is 35.4 Å². The second-order valence-electron chi connectivity index (χ2n) is 7.46. The molecular formula is C20H34Cl2N4O2. The van der Waals surface area contributed by atoms with Crippen molar-refractivity contribution >= 4 is 36.6 Å². The van der Waals surface area contributed by atoms with Gasteiger partial charge in [0.2, 0.25) is 5.91 Å². The Balaban J connectivity index is 0.00000364. The zero-order chi connectivity index (χ0) is 18.9. The lowest BCUT2D eigenvalue weighted by Crippen LogP contribution is -2.41. The summed E-state index contributed by atoms with van der Waals surface area (Å²) in [4.78, 5) is 26.5. The number of amides is 2. The highest BCUT2D eigenvalue weighted by molar-refractivity contribution is 5.94. The Morgan fingerprint density at radius 2 is 1.68 bits per heavy atom. The predicted octanol–water partition coefficient (Wildman–Crippen LogP) is 2.35. The van der Waals surface area contributed by atoms with Gasteiger partial charge in [0.1, 0.15) is 0 Å². The van der Waals surface area contributed by atoms with Gasteiger partial charge in [0.15, 0.2) is 0 Å². The minimum Gasteiger partial charge on any atom is -0.351 e. The van der Waals surface area contributed by atoms with Crippen LogP contribution in [0.5, 0.6) is 0 Å². The number of hydrogen-bond donors (Lipinski definition) is 3.